The normalized spacial score (nSPS) is 25.1. The van der Waals surface area contributed by atoms with Gasteiger partial charge in [-0.05, 0) is 19.8 Å². The molecule has 2 amide bonds. The predicted molar refractivity (Wildman–Crippen MR) is 103 cm³/mol. The summed E-state index contributed by atoms with van der Waals surface area (Å²) in [4.78, 5) is 38.4. The number of aliphatic hydroxyl groups excluding tert-OH is 1. The fourth-order valence-electron chi connectivity index (χ4n) is 4.03. The lowest BCUT2D eigenvalue weighted by Crippen LogP contribution is -2.65. The highest BCUT2D eigenvalue weighted by Crippen LogP contribution is 2.39. The van der Waals surface area contributed by atoms with Gasteiger partial charge in [-0.2, -0.15) is 4.98 Å². The van der Waals surface area contributed by atoms with Crippen molar-refractivity contribution in [3.8, 4) is 6.01 Å². The van der Waals surface area contributed by atoms with E-state index in [0.717, 1.165) is 0 Å². The third kappa shape index (κ3) is 5.05. The Morgan fingerprint density at radius 1 is 1.37 bits per heavy atom. The molecular formula is C18H29N5O7. The number of likely N-dealkylation sites (tertiary alicyclic amines) is 1. The van der Waals surface area contributed by atoms with Crippen LogP contribution < -0.4 is 10.1 Å². The SMILES string of the molecule is COc1nc(C(=O)N2CCC3(CC2)C[C@@](C)(NC(C)=O)[C@H](O)CO3)nn1C.O=CO. The number of hydrogen-bond acceptors (Lipinski definition) is 8. The molecule has 1 spiro atoms. The Bertz CT molecular complexity index is 775. The van der Waals surface area contributed by atoms with Crippen molar-refractivity contribution in [2.24, 2.45) is 7.05 Å². The third-order valence-corrected chi connectivity index (χ3v) is 5.49. The lowest BCUT2D eigenvalue weighted by molar-refractivity contribution is -0.179. The summed E-state index contributed by atoms with van der Waals surface area (Å²) in [5, 5.41) is 24.2. The van der Waals surface area contributed by atoms with Crippen LogP contribution in [-0.2, 0) is 21.4 Å². The summed E-state index contributed by atoms with van der Waals surface area (Å²) in [6, 6.07) is 0.280. The number of nitrogens with one attached hydrogen (secondary N) is 1. The fraction of sp³-hybridized carbons (Fsp3) is 0.722. The molecule has 2 atom stereocenters. The lowest BCUT2D eigenvalue weighted by Gasteiger charge is -2.51. The van der Waals surface area contributed by atoms with E-state index in [2.05, 4.69) is 15.4 Å². The standard InChI is InChI=1S/C17H27N5O5.CH2O2/c1-11(23)19-16(2)10-17(27-9-12(16)24)5-7-22(8-6-17)14(25)13-18-15(26-4)21(3)20-13;2-1-3/h12,24H,5-10H2,1-4H3,(H,19,23);1H,(H,2,3)/t12-,16-;/m1./s1. The molecule has 12 heteroatoms. The monoisotopic (exact) mass is 427 g/mol. The molecule has 12 nitrogen and oxygen atoms in total. The van der Waals surface area contributed by atoms with Crippen LogP contribution in [0.4, 0.5) is 0 Å². The summed E-state index contributed by atoms with van der Waals surface area (Å²) >= 11 is 0. The van der Waals surface area contributed by atoms with Gasteiger partial charge in [0.25, 0.3) is 12.4 Å². The zero-order valence-corrected chi connectivity index (χ0v) is 17.6. The summed E-state index contributed by atoms with van der Waals surface area (Å²) in [5.74, 6) is -0.325. The molecule has 3 rings (SSSR count). The number of aromatic nitrogens is 3. The van der Waals surface area contributed by atoms with Crippen molar-refractivity contribution < 1.29 is 34.1 Å². The van der Waals surface area contributed by atoms with Crippen molar-refractivity contribution in [1.29, 1.82) is 0 Å². The van der Waals surface area contributed by atoms with Crippen LogP contribution >= 0.6 is 0 Å². The van der Waals surface area contributed by atoms with Gasteiger partial charge >= 0.3 is 6.01 Å². The van der Waals surface area contributed by atoms with E-state index in [9.17, 15) is 14.7 Å². The van der Waals surface area contributed by atoms with Crippen LogP contribution in [0.3, 0.4) is 0 Å². The van der Waals surface area contributed by atoms with E-state index >= 15 is 0 Å². The van der Waals surface area contributed by atoms with Crippen LogP contribution in [0, 0.1) is 0 Å². The van der Waals surface area contributed by atoms with Crippen LogP contribution in [0.1, 0.15) is 43.7 Å². The molecule has 2 fully saturated rings. The number of nitrogens with zero attached hydrogens (tertiary/aromatic N) is 4. The molecule has 3 N–H and O–H groups in total. The van der Waals surface area contributed by atoms with Gasteiger partial charge in [0.15, 0.2) is 0 Å². The van der Waals surface area contributed by atoms with Gasteiger partial charge < -0.3 is 29.9 Å². The molecule has 30 heavy (non-hydrogen) atoms. The van der Waals surface area contributed by atoms with Gasteiger partial charge in [0, 0.05) is 33.5 Å². The van der Waals surface area contributed by atoms with Gasteiger partial charge in [-0.15, -0.1) is 5.10 Å². The second-order valence-electron chi connectivity index (χ2n) is 7.73. The molecule has 3 heterocycles. The molecule has 0 aliphatic carbocycles. The molecule has 0 aromatic carbocycles. The van der Waals surface area contributed by atoms with Crippen LogP contribution in [-0.4, -0.2) is 92.2 Å². The maximum atomic E-state index is 12.7. The molecule has 0 saturated carbocycles. The summed E-state index contributed by atoms with van der Waals surface area (Å²) in [7, 11) is 3.14. The number of amides is 2. The number of carboxylic acid groups (broad SMARTS) is 1. The quantitative estimate of drug-likeness (QED) is 0.524. The van der Waals surface area contributed by atoms with Crippen molar-refractivity contribution in [1.82, 2.24) is 25.0 Å². The molecule has 2 aliphatic rings. The van der Waals surface area contributed by atoms with E-state index in [-0.39, 0.29) is 36.7 Å². The molecule has 0 unspecified atom stereocenters. The number of piperidine rings is 1. The highest BCUT2D eigenvalue weighted by atomic mass is 16.5. The van der Waals surface area contributed by atoms with E-state index in [0.29, 0.717) is 32.4 Å². The number of methoxy groups -OCH3 is 1. The minimum atomic E-state index is -0.767. The number of ether oxygens (including phenoxy) is 2. The maximum absolute atomic E-state index is 12.7. The Labute approximate surface area is 174 Å². The Kier molecular flexibility index (Phi) is 7.37. The third-order valence-electron chi connectivity index (χ3n) is 5.49. The van der Waals surface area contributed by atoms with Crippen LogP contribution in [0.25, 0.3) is 0 Å². The first kappa shape index (κ1) is 23.5. The second kappa shape index (κ2) is 9.39. The molecule has 0 bridgehead atoms. The van der Waals surface area contributed by atoms with Crippen molar-refractivity contribution in [2.75, 3.05) is 26.8 Å². The minimum Gasteiger partial charge on any atom is -0.483 e. The number of rotatable bonds is 3. The number of hydrogen-bond donors (Lipinski definition) is 3. The van der Waals surface area contributed by atoms with Crippen molar-refractivity contribution in [3.63, 3.8) is 0 Å². The van der Waals surface area contributed by atoms with Crippen LogP contribution in [0.5, 0.6) is 6.01 Å². The number of aliphatic hydroxyl groups is 1. The minimum absolute atomic E-state index is 0.105. The number of carbonyl (C=O) groups is 3. The van der Waals surface area contributed by atoms with E-state index in [1.165, 1.54) is 18.7 Å². The summed E-state index contributed by atoms with van der Waals surface area (Å²) in [5.41, 5.74) is -1.21. The Balaban J connectivity index is 0.00000101. The highest BCUT2D eigenvalue weighted by Gasteiger charge is 2.50. The Morgan fingerprint density at radius 3 is 2.47 bits per heavy atom. The smallest absolute Gasteiger partial charge is 0.314 e. The molecule has 0 radical (unpaired) electrons. The summed E-state index contributed by atoms with van der Waals surface area (Å²) < 4.78 is 12.5. The van der Waals surface area contributed by atoms with Gasteiger partial charge in [-0.3, -0.25) is 14.4 Å². The van der Waals surface area contributed by atoms with E-state index in [4.69, 9.17) is 19.4 Å². The average Bonchev–Trinajstić information content (AvgIpc) is 3.06. The Morgan fingerprint density at radius 2 is 1.97 bits per heavy atom. The van der Waals surface area contributed by atoms with Crippen molar-refractivity contribution in [2.45, 2.75) is 50.4 Å². The van der Waals surface area contributed by atoms with Crippen molar-refractivity contribution in [3.05, 3.63) is 5.82 Å². The van der Waals surface area contributed by atoms with E-state index in [1.54, 1.807) is 11.9 Å². The first-order valence-electron chi connectivity index (χ1n) is 9.52. The average molecular weight is 427 g/mol. The number of carbonyl (C=O) groups excluding carboxylic acids is 2. The predicted octanol–water partition coefficient (Wildman–Crippen LogP) is -0.825. The molecule has 2 saturated heterocycles. The molecule has 168 valence electrons. The molecule has 1 aromatic heterocycles. The summed E-state index contributed by atoms with van der Waals surface area (Å²) in [6.45, 7) is 4.17. The zero-order chi connectivity index (χ0) is 22.5. The van der Waals surface area contributed by atoms with E-state index < -0.39 is 17.2 Å². The molecule has 2 aliphatic heterocycles. The van der Waals surface area contributed by atoms with Gasteiger partial charge in [0.1, 0.15) is 6.10 Å². The van der Waals surface area contributed by atoms with Crippen molar-refractivity contribution >= 4 is 18.3 Å². The van der Waals surface area contributed by atoms with E-state index in [1.807, 2.05) is 6.92 Å². The maximum Gasteiger partial charge on any atom is 0.314 e. The lowest BCUT2D eigenvalue weighted by atomic mass is 9.74. The van der Waals surface area contributed by atoms with Gasteiger partial charge in [-0.25, -0.2) is 4.68 Å². The van der Waals surface area contributed by atoms with Gasteiger partial charge in [0.2, 0.25) is 11.7 Å². The van der Waals surface area contributed by atoms with Crippen LogP contribution in [0.2, 0.25) is 0 Å². The first-order chi connectivity index (χ1) is 14.1. The Hall–Kier alpha value is -2.73. The number of aryl methyl sites for hydroxylation is 1. The summed E-state index contributed by atoms with van der Waals surface area (Å²) in [6.07, 6.45) is 0.963. The molecule has 1 aromatic rings. The zero-order valence-electron chi connectivity index (χ0n) is 17.6. The molecular weight excluding hydrogens is 398 g/mol. The highest BCUT2D eigenvalue weighted by molar-refractivity contribution is 5.90. The largest absolute Gasteiger partial charge is 0.483 e. The van der Waals surface area contributed by atoms with Gasteiger partial charge in [0.05, 0.1) is 24.9 Å². The topological polar surface area (TPSA) is 156 Å². The van der Waals surface area contributed by atoms with Gasteiger partial charge in [-0.1, -0.05) is 0 Å². The first-order valence-corrected chi connectivity index (χ1v) is 9.52. The van der Waals surface area contributed by atoms with Crippen LogP contribution in [0.15, 0.2) is 0 Å². The second-order valence-corrected chi connectivity index (χ2v) is 7.73. The fourth-order valence-corrected chi connectivity index (χ4v) is 4.03.